The lowest BCUT2D eigenvalue weighted by Crippen LogP contribution is -2.23. The summed E-state index contributed by atoms with van der Waals surface area (Å²) < 4.78 is 1.01. The molecule has 0 spiro atoms. The van der Waals surface area contributed by atoms with Gasteiger partial charge in [0, 0.05) is 15.5 Å². The third kappa shape index (κ3) is 4.07. The van der Waals surface area contributed by atoms with Crippen molar-refractivity contribution in [1.29, 1.82) is 0 Å². The quantitative estimate of drug-likeness (QED) is 0.809. The topological polar surface area (TPSA) is 12.0 Å². The summed E-state index contributed by atoms with van der Waals surface area (Å²) in [4.78, 5) is 0. The van der Waals surface area contributed by atoms with Crippen LogP contribution < -0.4 is 5.32 Å². The molecule has 0 bridgehead atoms. The molecule has 1 atom stereocenters. The van der Waals surface area contributed by atoms with Gasteiger partial charge in [-0.3, -0.25) is 0 Å². The first-order valence-electron chi connectivity index (χ1n) is 6.43. The highest BCUT2D eigenvalue weighted by Gasteiger charge is 2.12. The monoisotopic (exact) mass is 337 g/mol. The van der Waals surface area contributed by atoms with E-state index in [1.165, 1.54) is 11.1 Å². The van der Waals surface area contributed by atoms with E-state index in [2.05, 4.69) is 58.5 Å². The molecule has 0 aliphatic heterocycles. The van der Waals surface area contributed by atoms with Gasteiger partial charge < -0.3 is 5.32 Å². The average molecular weight is 339 g/mol. The van der Waals surface area contributed by atoms with E-state index in [0.29, 0.717) is 6.04 Å². The molecule has 1 unspecified atom stereocenters. The van der Waals surface area contributed by atoms with Gasteiger partial charge in [0.15, 0.2) is 0 Å². The SMILES string of the molecule is CCNC(Cc1ccc(Br)cc1Cl)c1ccccc1. The smallest absolute Gasteiger partial charge is 0.0449 e. The van der Waals surface area contributed by atoms with Crippen LogP contribution in [0.5, 0.6) is 0 Å². The van der Waals surface area contributed by atoms with Crippen molar-refractivity contribution >= 4 is 27.5 Å². The van der Waals surface area contributed by atoms with Gasteiger partial charge in [-0.2, -0.15) is 0 Å². The first kappa shape index (κ1) is 14.6. The van der Waals surface area contributed by atoms with Gasteiger partial charge in [-0.25, -0.2) is 0 Å². The third-order valence-electron chi connectivity index (χ3n) is 3.09. The first-order valence-corrected chi connectivity index (χ1v) is 7.60. The summed E-state index contributed by atoms with van der Waals surface area (Å²) in [6, 6.07) is 16.9. The van der Waals surface area contributed by atoms with Crippen LogP contribution in [0.2, 0.25) is 5.02 Å². The fourth-order valence-corrected chi connectivity index (χ4v) is 2.90. The van der Waals surface area contributed by atoms with Crippen molar-refractivity contribution in [3.63, 3.8) is 0 Å². The third-order valence-corrected chi connectivity index (χ3v) is 3.94. The van der Waals surface area contributed by atoms with E-state index in [-0.39, 0.29) is 0 Å². The van der Waals surface area contributed by atoms with E-state index in [9.17, 15) is 0 Å². The van der Waals surface area contributed by atoms with Crippen molar-refractivity contribution < 1.29 is 0 Å². The van der Waals surface area contributed by atoms with E-state index < -0.39 is 0 Å². The predicted octanol–water partition coefficient (Wildman–Crippen LogP) is 5.00. The molecule has 100 valence electrons. The fourth-order valence-electron chi connectivity index (χ4n) is 2.15. The Morgan fingerprint density at radius 2 is 1.89 bits per heavy atom. The second-order valence-corrected chi connectivity index (χ2v) is 5.78. The van der Waals surface area contributed by atoms with Gasteiger partial charge in [-0.05, 0) is 36.2 Å². The molecule has 0 aromatic heterocycles. The summed E-state index contributed by atoms with van der Waals surface area (Å²) in [5, 5.41) is 4.33. The molecule has 2 aromatic carbocycles. The van der Waals surface area contributed by atoms with Crippen LogP contribution >= 0.6 is 27.5 Å². The Kier molecular flexibility index (Phi) is 5.44. The largest absolute Gasteiger partial charge is 0.310 e. The van der Waals surface area contributed by atoms with Crippen LogP contribution in [0.3, 0.4) is 0 Å². The minimum absolute atomic E-state index is 0.296. The number of benzene rings is 2. The van der Waals surface area contributed by atoms with Crippen LogP contribution in [-0.4, -0.2) is 6.54 Å². The molecular formula is C16H17BrClN. The molecule has 1 N–H and O–H groups in total. The molecule has 0 radical (unpaired) electrons. The Balaban J connectivity index is 2.21. The molecule has 0 aliphatic rings. The van der Waals surface area contributed by atoms with E-state index in [4.69, 9.17) is 11.6 Å². The molecule has 0 saturated heterocycles. The molecule has 1 nitrogen and oxygen atoms in total. The van der Waals surface area contributed by atoms with Crippen LogP contribution in [0.4, 0.5) is 0 Å². The lowest BCUT2D eigenvalue weighted by molar-refractivity contribution is 0.550. The van der Waals surface area contributed by atoms with Gasteiger partial charge in [0.2, 0.25) is 0 Å². The molecule has 0 amide bonds. The summed E-state index contributed by atoms with van der Waals surface area (Å²) in [6.45, 7) is 3.06. The van der Waals surface area contributed by atoms with Crippen molar-refractivity contribution in [3.8, 4) is 0 Å². The zero-order valence-electron chi connectivity index (χ0n) is 10.9. The summed E-state index contributed by atoms with van der Waals surface area (Å²) in [5.74, 6) is 0. The second-order valence-electron chi connectivity index (χ2n) is 4.46. The van der Waals surface area contributed by atoms with Gasteiger partial charge in [-0.15, -0.1) is 0 Å². The zero-order chi connectivity index (χ0) is 13.7. The Morgan fingerprint density at radius 1 is 1.16 bits per heavy atom. The number of likely N-dealkylation sites (N-methyl/N-ethyl adjacent to an activating group) is 1. The van der Waals surface area contributed by atoms with E-state index in [1.807, 2.05) is 18.2 Å². The summed E-state index contributed by atoms with van der Waals surface area (Å²) in [6.07, 6.45) is 0.893. The first-order chi connectivity index (χ1) is 9.20. The van der Waals surface area contributed by atoms with E-state index >= 15 is 0 Å². The second kappa shape index (κ2) is 7.09. The maximum absolute atomic E-state index is 6.30. The lowest BCUT2D eigenvalue weighted by atomic mass is 9.99. The number of rotatable bonds is 5. The van der Waals surface area contributed by atoms with Crippen molar-refractivity contribution in [1.82, 2.24) is 5.32 Å². The predicted molar refractivity (Wildman–Crippen MR) is 85.7 cm³/mol. The van der Waals surface area contributed by atoms with Crippen LogP contribution in [0, 0.1) is 0 Å². The number of hydrogen-bond acceptors (Lipinski definition) is 1. The highest BCUT2D eigenvalue weighted by molar-refractivity contribution is 9.10. The normalized spacial score (nSPS) is 12.4. The highest BCUT2D eigenvalue weighted by atomic mass is 79.9. The molecule has 0 fully saturated rings. The standard InChI is InChI=1S/C16H17BrClN/c1-2-19-16(12-6-4-3-5-7-12)10-13-8-9-14(17)11-15(13)18/h3-9,11,16,19H,2,10H2,1H3. The van der Waals surface area contributed by atoms with Crippen molar-refractivity contribution in [2.24, 2.45) is 0 Å². The lowest BCUT2D eigenvalue weighted by Gasteiger charge is -2.19. The number of nitrogens with one attached hydrogen (secondary N) is 1. The Labute approximate surface area is 128 Å². The Hall–Kier alpha value is -0.830. The van der Waals surface area contributed by atoms with Crippen molar-refractivity contribution in [3.05, 3.63) is 69.2 Å². The summed E-state index contributed by atoms with van der Waals surface area (Å²) >= 11 is 9.74. The van der Waals surface area contributed by atoms with Gasteiger partial charge in [0.1, 0.15) is 0 Å². The van der Waals surface area contributed by atoms with Crippen LogP contribution in [-0.2, 0) is 6.42 Å². The molecule has 2 aromatic rings. The summed E-state index contributed by atoms with van der Waals surface area (Å²) in [7, 11) is 0. The van der Waals surface area contributed by atoms with E-state index in [0.717, 1.165) is 22.5 Å². The number of hydrogen-bond donors (Lipinski definition) is 1. The maximum atomic E-state index is 6.30. The van der Waals surface area contributed by atoms with E-state index in [1.54, 1.807) is 0 Å². The van der Waals surface area contributed by atoms with Crippen molar-refractivity contribution in [2.75, 3.05) is 6.54 Å². The van der Waals surface area contributed by atoms with Crippen LogP contribution in [0.25, 0.3) is 0 Å². The maximum Gasteiger partial charge on any atom is 0.0449 e. The molecular weight excluding hydrogens is 322 g/mol. The van der Waals surface area contributed by atoms with Crippen LogP contribution in [0.15, 0.2) is 53.0 Å². The Bertz CT molecular complexity index is 528. The van der Waals surface area contributed by atoms with Crippen molar-refractivity contribution in [2.45, 2.75) is 19.4 Å². The molecule has 0 aliphatic carbocycles. The molecule has 19 heavy (non-hydrogen) atoms. The molecule has 0 saturated carbocycles. The van der Waals surface area contributed by atoms with Gasteiger partial charge >= 0.3 is 0 Å². The van der Waals surface area contributed by atoms with Crippen LogP contribution in [0.1, 0.15) is 24.1 Å². The average Bonchev–Trinajstić information content (AvgIpc) is 2.42. The minimum atomic E-state index is 0.296. The fraction of sp³-hybridized carbons (Fsp3) is 0.250. The summed E-state index contributed by atoms with van der Waals surface area (Å²) in [5.41, 5.74) is 2.46. The van der Waals surface area contributed by atoms with Gasteiger partial charge in [0.05, 0.1) is 0 Å². The minimum Gasteiger partial charge on any atom is -0.310 e. The molecule has 3 heteroatoms. The molecule has 0 heterocycles. The van der Waals surface area contributed by atoms with Gasteiger partial charge in [-0.1, -0.05) is 70.9 Å². The molecule has 2 rings (SSSR count). The highest BCUT2D eigenvalue weighted by Crippen LogP contribution is 2.26. The Morgan fingerprint density at radius 3 is 2.53 bits per heavy atom. The zero-order valence-corrected chi connectivity index (χ0v) is 13.2. The van der Waals surface area contributed by atoms with Gasteiger partial charge in [0.25, 0.3) is 0 Å². The number of halogens is 2.